The van der Waals surface area contributed by atoms with E-state index in [0.717, 1.165) is 24.3 Å². The molecule has 0 aliphatic heterocycles. The third-order valence-corrected chi connectivity index (χ3v) is 1.85. The van der Waals surface area contributed by atoms with Crippen LogP contribution in [-0.2, 0) is 6.42 Å². The van der Waals surface area contributed by atoms with E-state index in [-0.39, 0.29) is 0 Å². The molecule has 2 aromatic heterocycles. The van der Waals surface area contributed by atoms with Crippen molar-refractivity contribution < 1.29 is 5.73 Å². The van der Waals surface area contributed by atoms with Crippen molar-refractivity contribution in [2.24, 2.45) is 0 Å². The van der Waals surface area contributed by atoms with Gasteiger partial charge in [-0.05, 0) is 12.1 Å². The zero-order valence-electron chi connectivity index (χ0n) is 6.90. The topological polar surface area (TPSA) is 44.9 Å². The molecule has 0 radical (unpaired) electrons. The van der Waals surface area contributed by atoms with Gasteiger partial charge in [-0.25, -0.2) is 4.98 Å². The maximum atomic E-state index is 4.43. The van der Waals surface area contributed by atoms with E-state index in [2.05, 4.69) is 16.9 Å². The van der Waals surface area contributed by atoms with Gasteiger partial charge >= 0.3 is 0 Å². The molecule has 0 saturated carbocycles. The highest BCUT2D eigenvalue weighted by atomic mass is 15.0. The fourth-order valence-corrected chi connectivity index (χ4v) is 1.29. The minimum absolute atomic E-state index is 0.907. The Hall–Kier alpha value is -1.35. The molecule has 0 spiro atoms. The number of rotatable bonds is 2. The Labute approximate surface area is 70.8 Å². The number of fused-ring (bicyclic) bond motifs is 1. The zero-order chi connectivity index (χ0) is 8.39. The normalized spacial score (nSPS) is 10.8. The van der Waals surface area contributed by atoms with E-state index in [1.807, 2.05) is 28.8 Å². The zero-order valence-corrected chi connectivity index (χ0v) is 6.90. The number of quaternary nitrogens is 1. The lowest BCUT2D eigenvalue weighted by Gasteiger charge is -1.86. The van der Waals surface area contributed by atoms with Crippen molar-refractivity contribution in [3.05, 3.63) is 36.3 Å². The fraction of sp³-hybridized carbons (Fsp3) is 0.222. The van der Waals surface area contributed by atoms with E-state index >= 15 is 0 Å². The Morgan fingerprint density at radius 3 is 3.08 bits per heavy atom. The monoisotopic (exact) mass is 162 g/mol. The first kappa shape index (κ1) is 7.31. The maximum absolute atomic E-state index is 4.43. The average molecular weight is 162 g/mol. The Morgan fingerprint density at radius 2 is 2.33 bits per heavy atom. The third-order valence-electron chi connectivity index (χ3n) is 1.85. The highest BCUT2D eigenvalue weighted by Gasteiger charge is 1.98. The van der Waals surface area contributed by atoms with Crippen LogP contribution in [0.15, 0.2) is 30.6 Å². The second-order valence-electron chi connectivity index (χ2n) is 2.80. The molecule has 3 heteroatoms. The van der Waals surface area contributed by atoms with Gasteiger partial charge in [-0.15, -0.1) is 0 Å². The van der Waals surface area contributed by atoms with Crippen LogP contribution in [0.1, 0.15) is 5.69 Å². The summed E-state index contributed by atoms with van der Waals surface area (Å²) in [6.07, 6.45) is 5.02. The van der Waals surface area contributed by atoms with Gasteiger partial charge in [-0.1, -0.05) is 6.07 Å². The highest BCUT2D eigenvalue weighted by Crippen LogP contribution is 2.03. The van der Waals surface area contributed by atoms with Gasteiger partial charge in [0.1, 0.15) is 5.65 Å². The summed E-state index contributed by atoms with van der Waals surface area (Å²) < 4.78 is 2.03. The molecule has 0 aliphatic rings. The molecule has 3 nitrogen and oxygen atoms in total. The van der Waals surface area contributed by atoms with Crippen LogP contribution in [0.2, 0.25) is 0 Å². The fourth-order valence-electron chi connectivity index (χ4n) is 1.29. The molecule has 2 aromatic rings. The molecule has 0 fully saturated rings. The third kappa shape index (κ3) is 1.19. The summed E-state index contributed by atoms with van der Waals surface area (Å²) >= 11 is 0. The summed E-state index contributed by atoms with van der Waals surface area (Å²) in [7, 11) is 0. The van der Waals surface area contributed by atoms with Gasteiger partial charge in [-0.2, -0.15) is 0 Å². The van der Waals surface area contributed by atoms with Gasteiger partial charge < -0.3 is 10.1 Å². The smallest absolute Gasteiger partial charge is 0.136 e. The SMILES string of the molecule is [NH3+]CCc1cn2ccccc2n1. The minimum atomic E-state index is 0.907. The van der Waals surface area contributed by atoms with Crippen molar-refractivity contribution >= 4 is 5.65 Å². The molecule has 0 bridgehead atoms. The molecule has 0 amide bonds. The highest BCUT2D eigenvalue weighted by molar-refractivity contribution is 5.39. The van der Waals surface area contributed by atoms with Gasteiger partial charge in [-0.3, -0.25) is 0 Å². The van der Waals surface area contributed by atoms with Gasteiger partial charge in [0.25, 0.3) is 0 Å². The van der Waals surface area contributed by atoms with Crippen LogP contribution in [0.25, 0.3) is 5.65 Å². The van der Waals surface area contributed by atoms with E-state index in [9.17, 15) is 0 Å². The summed E-state index contributed by atoms with van der Waals surface area (Å²) in [4.78, 5) is 4.43. The Morgan fingerprint density at radius 1 is 1.42 bits per heavy atom. The van der Waals surface area contributed by atoms with E-state index in [1.54, 1.807) is 0 Å². The van der Waals surface area contributed by atoms with Crippen molar-refractivity contribution in [2.75, 3.05) is 6.54 Å². The molecular formula is C9H12N3+. The number of pyridine rings is 1. The predicted molar refractivity (Wildman–Crippen MR) is 46.7 cm³/mol. The Balaban J connectivity index is 2.47. The second-order valence-corrected chi connectivity index (χ2v) is 2.80. The predicted octanol–water partition coefficient (Wildman–Crippen LogP) is 0.119. The molecular weight excluding hydrogens is 150 g/mol. The summed E-state index contributed by atoms with van der Waals surface area (Å²) in [6, 6.07) is 6.01. The van der Waals surface area contributed by atoms with E-state index in [4.69, 9.17) is 0 Å². The van der Waals surface area contributed by atoms with Crippen LogP contribution in [0, 0.1) is 0 Å². The first-order chi connectivity index (χ1) is 5.90. The number of nitrogens with zero attached hydrogens (tertiary/aromatic N) is 2. The van der Waals surface area contributed by atoms with Crippen LogP contribution in [0.3, 0.4) is 0 Å². The number of imidazole rings is 1. The molecule has 2 rings (SSSR count). The molecule has 2 heterocycles. The molecule has 62 valence electrons. The van der Waals surface area contributed by atoms with Gasteiger partial charge in [0.15, 0.2) is 0 Å². The quantitative estimate of drug-likeness (QED) is 0.669. The van der Waals surface area contributed by atoms with E-state index in [1.165, 1.54) is 0 Å². The lowest BCUT2D eigenvalue weighted by atomic mass is 10.3. The van der Waals surface area contributed by atoms with Crippen molar-refractivity contribution in [1.82, 2.24) is 9.38 Å². The summed E-state index contributed by atoms with van der Waals surface area (Å²) in [6.45, 7) is 0.907. The minimum Gasteiger partial charge on any atom is -0.357 e. The standard InChI is InChI=1S/C9H11N3/c10-5-4-8-7-12-6-2-1-3-9(12)11-8/h1-3,6-7H,4-5,10H2/p+1. The van der Waals surface area contributed by atoms with Crippen molar-refractivity contribution in [3.63, 3.8) is 0 Å². The molecule has 12 heavy (non-hydrogen) atoms. The van der Waals surface area contributed by atoms with Gasteiger partial charge in [0.2, 0.25) is 0 Å². The number of hydrogen-bond donors (Lipinski definition) is 1. The first-order valence-corrected chi connectivity index (χ1v) is 4.12. The van der Waals surface area contributed by atoms with Crippen molar-refractivity contribution in [3.8, 4) is 0 Å². The molecule has 0 aromatic carbocycles. The molecule has 0 atom stereocenters. The van der Waals surface area contributed by atoms with Crippen LogP contribution in [-0.4, -0.2) is 15.9 Å². The van der Waals surface area contributed by atoms with Gasteiger partial charge in [0, 0.05) is 18.8 Å². The maximum Gasteiger partial charge on any atom is 0.136 e. The second kappa shape index (κ2) is 2.95. The summed E-state index contributed by atoms with van der Waals surface area (Å²) in [5.74, 6) is 0. The Kier molecular flexibility index (Phi) is 1.80. The van der Waals surface area contributed by atoms with Crippen LogP contribution >= 0.6 is 0 Å². The van der Waals surface area contributed by atoms with E-state index < -0.39 is 0 Å². The lowest BCUT2D eigenvalue weighted by Crippen LogP contribution is -2.51. The summed E-state index contributed by atoms with van der Waals surface area (Å²) in [5, 5.41) is 0. The van der Waals surface area contributed by atoms with E-state index in [0.29, 0.717) is 0 Å². The lowest BCUT2D eigenvalue weighted by molar-refractivity contribution is -0.366. The molecule has 0 saturated heterocycles. The number of aromatic nitrogens is 2. The van der Waals surface area contributed by atoms with Crippen molar-refractivity contribution in [2.45, 2.75) is 6.42 Å². The van der Waals surface area contributed by atoms with Crippen LogP contribution < -0.4 is 5.73 Å². The number of hydrogen-bond acceptors (Lipinski definition) is 1. The summed E-state index contributed by atoms with van der Waals surface area (Å²) in [5.41, 5.74) is 5.94. The molecule has 3 N–H and O–H groups in total. The average Bonchev–Trinajstić information content (AvgIpc) is 2.47. The Bertz CT molecular complexity index is 345. The molecule has 0 unspecified atom stereocenters. The van der Waals surface area contributed by atoms with Crippen LogP contribution in [0.5, 0.6) is 0 Å². The van der Waals surface area contributed by atoms with Crippen LogP contribution in [0.4, 0.5) is 0 Å². The largest absolute Gasteiger partial charge is 0.357 e. The van der Waals surface area contributed by atoms with Crippen molar-refractivity contribution in [1.29, 1.82) is 0 Å². The first-order valence-electron chi connectivity index (χ1n) is 4.12. The van der Waals surface area contributed by atoms with Gasteiger partial charge in [0.05, 0.1) is 12.2 Å². The molecule has 0 aliphatic carbocycles.